The highest BCUT2D eigenvalue weighted by Gasteiger charge is 2.24. The third kappa shape index (κ3) is 4.49. The average molecular weight is 359 g/mol. The SMILES string of the molecule is CC(c1cc(Br)ccc1F)N1CCN(CCC(=O)O)CC1. The maximum atomic E-state index is 13.9. The molecule has 1 saturated heterocycles. The molecule has 21 heavy (non-hydrogen) atoms. The molecule has 0 aliphatic carbocycles. The van der Waals surface area contributed by atoms with Crippen molar-refractivity contribution in [3.63, 3.8) is 0 Å². The van der Waals surface area contributed by atoms with Crippen molar-refractivity contribution in [1.82, 2.24) is 9.80 Å². The van der Waals surface area contributed by atoms with Gasteiger partial charge in [-0.3, -0.25) is 9.69 Å². The Labute approximate surface area is 132 Å². The molecule has 1 unspecified atom stereocenters. The lowest BCUT2D eigenvalue weighted by molar-refractivity contribution is -0.137. The van der Waals surface area contributed by atoms with Crippen molar-refractivity contribution in [1.29, 1.82) is 0 Å². The fourth-order valence-electron chi connectivity index (χ4n) is 2.66. The fraction of sp³-hybridized carbons (Fsp3) is 0.533. The summed E-state index contributed by atoms with van der Waals surface area (Å²) in [6.07, 6.45) is 0.176. The van der Waals surface area contributed by atoms with Crippen LogP contribution in [0.1, 0.15) is 24.9 Å². The molecule has 4 nitrogen and oxygen atoms in total. The van der Waals surface area contributed by atoms with Gasteiger partial charge in [0.1, 0.15) is 5.82 Å². The predicted octanol–water partition coefficient (Wildman–Crippen LogP) is 2.74. The van der Waals surface area contributed by atoms with Gasteiger partial charge < -0.3 is 10.0 Å². The summed E-state index contributed by atoms with van der Waals surface area (Å²) in [5.74, 6) is -0.944. The number of nitrogens with zero attached hydrogens (tertiary/aromatic N) is 2. The van der Waals surface area contributed by atoms with Crippen molar-refractivity contribution in [2.45, 2.75) is 19.4 Å². The summed E-state index contributed by atoms with van der Waals surface area (Å²) in [4.78, 5) is 15.0. The number of aliphatic carboxylic acids is 1. The lowest BCUT2D eigenvalue weighted by Gasteiger charge is -2.38. The average Bonchev–Trinajstić information content (AvgIpc) is 2.47. The van der Waals surface area contributed by atoms with Crippen LogP contribution in [0.3, 0.4) is 0 Å². The predicted molar refractivity (Wildman–Crippen MR) is 82.8 cm³/mol. The van der Waals surface area contributed by atoms with Gasteiger partial charge in [0.25, 0.3) is 0 Å². The summed E-state index contributed by atoms with van der Waals surface area (Å²) in [6.45, 7) is 5.90. The molecule has 0 spiro atoms. The van der Waals surface area contributed by atoms with Gasteiger partial charge in [0.15, 0.2) is 0 Å². The van der Waals surface area contributed by atoms with E-state index < -0.39 is 5.97 Å². The van der Waals surface area contributed by atoms with Gasteiger partial charge in [-0.05, 0) is 25.1 Å². The molecule has 1 fully saturated rings. The van der Waals surface area contributed by atoms with Crippen LogP contribution in [-0.2, 0) is 4.79 Å². The summed E-state index contributed by atoms with van der Waals surface area (Å²) < 4.78 is 14.8. The van der Waals surface area contributed by atoms with Crippen molar-refractivity contribution in [2.24, 2.45) is 0 Å². The number of carbonyl (C=O) groups is 1. The zero-order valence-electron chi connectivity index (χ0n) is 12.1. The molecular weight excluding hydrogens is 339 g/mol. The molecule has 0 amide bonds. The van der Waals surface area contributed by atoms with Crippen LogP contribution in [0.25, 0.3) is 0 Å². The molecule has 0 aromatic heterocycles. The molecule has 0 radical (unpaired) electrons. The second kappa shape index (κ2) is 7.33. The van der Waals surface area contributed by atoms with Crippen LogP contribution in [0.5, 0.6) is 0 Å². The molecule has 6 heteroatoms. The van der Waals surface area contributed by atoms with Gasteiger partial charge in [0.2, 0.25) is 0 Å². The molecule has 0 bridgehead atoms. The van der Waals surface area contributed by atoms with Crippen molar-refractivity contribution in [3.05, 3.63) is 34.1 Å². The van der Waals surface area contributed by atoms with Gasteiger partial charge in [-0.2, -0.15) is 0 Å². The van der Waals surface area contributed by atoms with Crippen LogP contribution in [0.2, 0.25) is 0 Å². The van der Waals surface area contributed by atoms with Crippen LogP contribution in [0.4, 0.5) is 4.39 Å². The van der Waals surface area contributed by atoms with E-state index in [9.17, 15) is 9.18 Å². The number of carboxylic acids is 1. The first-order valence-electron chi connectivity index (χ1n) is 7.10. The summed E-state index contributed by atoms with van der Waals surface area (Å²) in [7, 11) is 0. The summed E-state index contributed by atoms with van der Waals surface area (Å²) in [5, 5.41) is 8.71. The number of hydrogen-bond acceptors (Lipinski definition) is 3. The van der Waals surface area contributed by atoms with E-state index in [0.29, 0.717) is 12.1 Å². The third-order valence-corrected chi connectivity index (χ3v) is 4.50. The molecule has 1 aromatic rings. The van der Waals surface area contributed by atoms with E-state index in [2.05, 4.69) is 25.7 Å². The Bertz CT molecular complexity index is 504. The quantitative estimate of drug-likeness (QED) is 0.878. The Hall–Kier alpha value is -0.980. The number of hydrogen-bond donors (Lipinski definition) is 1. The highest BCUT2D eigenvalue weighted by atomic mass is 79.9. The third-order valence-electron chi connectivity index (χ3n) is 4.00. The Morgan fingerprint density at radius 3 is 2.67 bits per heavy atom. The molecule has 1 heterocycles. The zero-order chi connectivity index (χ0) is 15.4. The van der Waals surface area contributed by atoms with Gasteiger partial charge in [-0.25, -0.2) is 4.39 Å². The van der Waals surface area contributed by atoms with Crippen LogP contribution in [0.15, 0.2) is 22.7 Å². The van der Waals surface area contributed by atoms with Gasteiger partial charge >= 0.3 is 5.97 Å². The highest BCUT2D eigenvalue weighted by Crippen LogP contribution is 2.26. The van der Waals surface area contributed by atoms with Gasteiger partial charge in [0.05, 0.1) is 6.42 Å². The lowest BCUT2D eigenvalue weighted by Crippen LogP contribution is -2.47. The normalized spacial score (nSPS) is 18.6. The Morgan fingerprint density at radius 2 is 2.05 bits per heavy atom. The minimum absolute atomic E-state index is 0.0177. The van der Waals surface area contributed by atoms with Crippen molar-refractivity contribution >= 4 is 21.9 Å². The fourth-order valence-corrected chi connectivity index (χ4v) is 3.04. The van der Waals surface area contributed by atoms with Crippen LogP contribution < -0.4 is 0 Å². The summed E-state index contributed by atoms with van der Waals surface area (Å²) >= 11 is 3.38. The minimum atomic E-state index is -0.762. The molecule has 2 rings (SSSR count). The van der Waals surface area contributed by atoms with E-state index >= 15 is 0 Å². The van der Waals surface area contributed by atoms with E-state index in [0.717, 1.165) is 30.7 Å². The second-order valence-electron chi connectivity index (χ2n) is 5.36. The van der Waals surface area contributed by atoms with Crippen LogP contribution >= 0.6 is 15.9 Å². The Kier molecular flexibility index (Phi) is 5.72. The first kappa shape index (κ1) is 16.4. The highest BCUT2D eigenvalue weighted by molar-refractivity contribution is 9.10. The van der Waals surface area contributed by atoms with Gasteiger partial charge in [0, 0.05) is 48.8 Å². The molecule has 1 aliphatic rings. The number of halogens is 2. The molecule has 1 atom stereocenters. The molecular formula is C15H20BrFN2O2. The van der Waals surface area contributed by atoms with E-state index in [-0.39, 0.29) is 18.3 Å². The minimum Gasteiger partial charge on any atom is -0.481 e. The Morgan fingerprint density at radius 1 is 1.38 bits per heavy atom. The van der Waals surface area contributed by atoms with Crippen molar-refractivity contribution < 1.29 is 14.3 Å². The monoisotopic (exact) mass is 358 g/mol. The molecule has 1 aliphatic heterocycles. The second-order valence-corrected chi connectivity index (χ2v) is 6.28. The van der Waals surface area contributed by atoms with E-state index in [1.54, 1.807) is 6.07 Å². The summed E-state index contributed by atoms with van der Waals surface area (Å²) in [6, 6.07) is 5.04. The standard InChI is InChI=1S/C15H20BrFN2O2/c1-11(13-10-12(16)2-3-14(13)17)19-8-6-18(7-9-19)5-4-15(20)21/h2-3,10-11H,4-9H2,1H3,(H,20,21). The Balaban J connectivity index is 1.92. The number of piperazine rings is 1. The zero-order valence-corrected chi connectivity index (χ0v) is 13.6. The maximum Gasteiger partial charge on any atom is 0.304 e. The topological polar surface area (TPSA) is 43.8 Å². The van der Waals surface area contributed by atoms with Gasteiger partial charge in [-0.15, -0.1) is 0 Å². The molecule has 1 N–H and O–H groups in total. The molecule has 1 aromatic carbocycles. The van der Waals surface area contributed by atoms with Crippen LogP contribution in [-0.4, -0.2) is 53.6 Å². The first-order chi connectivity index (χ1) is 9.97. The number of rotatable bonds is 5. The van der Waals surface area contributed by atoms with Crippen molar-refractivity contribution in [3.8, 4) is 0 Å². The van der Waals surface area contributed by atoms with E-state index in [4.69, 9.17) is 5.11 Å². The van der Waals surface area contributed by atoms with Crippen LogP contribution in [0, 0.1) is 5.82 Å². The number of benzene rings is 1. The largest absolute Gasteiger partial charge is 0.481 e. The number of carboxylic acid groups (broad SMARTS) is 1. The van der Waals surface area contributed by atoms with E-state index in [1.807, 2.05) is 13.0 Å². The van der Waals surface area contributed by atoms with Crippen molar-refractivity contribution in [2.75, 3.05) is 32.7 Å². The molecule has 116 valence electrons. The van der Waals surface area contributed by atoms with E-state index in [1.165, 1.54) is 6.07 Å². The maximum absolute atomic E-state index is 13.9. The summed E-state index contributed by atoms with van der Waals surface area (Å²) in [5.41, 5.74) is 0.698. The first-order valence-corrected chi connectivity index (χ1v) is 7.90. The lowest BCUT2D eigenvalue weighted by atomic mass is 10.1. The van der Waals surface area contributed by atoms with Gasteiger partial charge in [-0.1, -0.05) is 15.9 Å². The molecule has 0 saturated carbocycles. The smallest absolute Gasteiger partial charge is 0.304 e.